The molecule has 0 N–H and O–H groups in total. The summed E-state index contributed by atoms with van der Waals surface area (Å²) in [6, 6.07) is 8.26. The summed E-state index contributed by atoms with van der Waals surface area (Å²) in [7, 11) is 0. The molecule has 0 bridgehead atoms. The lowest BCUT2D eigenvalue weighted by Gasteiger charge is -2.02. The molecule has 1 aromatic heterocycles. The number of aryl methyl sites for hydroxylation is 1. The summed E-state index contributed by atoms with van der Waals surface area (Å²) in [5, 5.41) is 8.87. The van der Waals surface area contributed by atoms with Gasteiger partial charge in [-0.3, -0.25) is 0 Å². The Bertz CT molecular complexity index is 556. The summed E-state index contributed by atoms with van der Waals surface area (Å²) in [5.74, 6) is 0.270. The van der Waals surface area contributed by atoms with Crippen LogP contribution >= 0.6 is 11.8 Å². The van der Waals surface area contributed by atoms with E-state index in [9.17, 15) is 4.39 Å². The van der Waals surface area contributed by atoms with E-state index in [1.807, 2.05) is 13.0 Å². The molecule has 2 nitrogen and oxygen atoms in total. The van der Waals surface area contributed by atoms with Gasteiger partial charge in [0.2, 0.25) is 0 Å². The van der Waals surface area contributed by atoms with Crippen LogP contribution in [0.4, 0.5) is 4.39 Å². The van der Waals surface area contributed by atoms with Gasteiger partial charge in [-0.15, -0.1) is 0 Å². The molecule has 0 amide bonds. The van der Waals surface area contributed by atoms with Crippen LogP contribution in [0.1, 0.15) is 11.3 Å². The Morgan fingerprint density at radius 2 is 2.12 bits per heavy atom. The molecule has 0 radical (unpaired) electrons. The highest BCUT2D eigenvalue weighted by atomic mass is 32.2. The maximum absolute atomic E-state index is 13.3. The molecule has 0 aliphatic heterocycles. The minimum Gasteiger partial charge on any atom is -0.468 e. The van der Waals surface area contributed by atoms with E-state index in [2.05, 4.69) is 0 Å². The average Bonchev–Trinajstić information content (AvgIpc) is 2.65. The molecule has 4 heteroatoms. The van der Waals surface area contributed by atoms with E-state index in [1.54, 1.807) is 24.5 Å². The maximum Gasteiger partial charge on any atom is 0.142 e. The first-order valence-corrected chi connectivity index (χ1v) is 5.44. The van der Waals surface area contributed by atoms with Gasteiger partial charge in [-0.2, -0.15) is 5.26 Å². The van der Waals surface area contributed by atoms with Crippen LogP contribution < -0.4 is 0 Å². The van der Waals surface area contributed by atoms with Crippen LogP contribution in [0.3, 0.4) is 0 Å². The lowest BCUT2D eigenvalue weighted by molar-refractivity contribution is 0.527. The van der Waals surface area contributed by atoms with Crippen LogP contribution in [0.15, 0.2) is 44.7 Å². The van der Waals surface area contributed by atoms with Gasteiger partial charge in [0, 0.05) is 4.90 Å². The lowest BCUT2D eigenvalue weighted by Crippen LogP contribution is -1.86. The number of benzene rings is 1. The molecule has 1 aromatic carbocycles. The summed E-state index contributed by atoms with van der Waals surface area (Å²) in [6.07, 6.45) is 1.57. The molecule has 2 rings (SSSR count). The zero-order valence-electron chi connectivity index (χ0n) is 8.53. The van der Waals surface area contributed by atoms with Gasteiger partial charge < -0.3 is 4.42 Å². The van der Waals surface area contributed by atoms with Crippen molar-refractivity contribution in [3.8, 4) is 6.07 Å². The minimum atomic E-state index is -0.492. The SMILES string of the molecule is Cc1occc1Sc1cccc(F)c1C#N. The van der Waals surface area contributed by atoms with E-state index in [1.165, 1.54) is 17.8 Å². The van der Waals surface area contributed by atoms with Crippen LogP contribution in [-0.2, 0) is 0 Å². The van der Waals surface area contributed by atoms with Crippen molar-refractivity contribution in [1.82, 2.24) is 0 Å². The molecule has 0 aliphatic carbocycles. The second-order valence-electron chi connectivity index (χ2n) is 3.17. The number of nitrogens with zero attached hydrogens (tertiary/aromatic N) is 1. The highest BCUT2D eigenvalue weighted by molar-refractivity contribution is 7.99. The summed E-state index contributed by atoms with van der Waals surface area (Å²) < 4.78 is 18.5. The maximum atomic E-state index is 13.3. The van der Waals surface area contributed by atoms with E-state index in [0.29, 0.717) is 4.90 Å². The van der Waals surface area contributed by atoms with Crippen LogP contribution in [0, 0.1) is 24.1 Å². The molecular weight excluding hydrogens is 225 g/mol. The van der Waals surface area contributed by atoms with Gasteiger partial charge in [0.25, 0.3) is 0 Å². The predicted molar refractivity (Wildman–Crippen MR) is 58.7 cm³/mol. The largest absolute Gasteiger partial charge is 0.468 e. The molecule has 0 atom stereocenters. The van der Waals surface area contributed by atoms with Gasteiger partial charge in [-0.25, -0.2) is 4.39 Å². The fourth-order valence-electron chi connectivity index (χ4n) is 1.30. The van der Waals surface area contributed by atoms with Gasteiger partial charge in [0.05, 0.1) is 11.2 Å². The molecule has 0 spiro atoms. The Kier molecular flexibility index (Phi) is 2.97. The quantitative estimate of drug-likeness (QED) is 0.792. The monoisotopic (exact) mass is 233 g/mol. The van der Waals surface area contributed by atoms with Gasteiger partial charge in [-0.1, -0.05) is 17.8 Å². The van der Waals surface area contributed by atoms with Crippen molar-refractivity contribution >= 4 is 11.8 Å². The normalized spacial score (nSPS) is 10.1. The Hall–Kier alpha value is -1.73. The predicted octanol–water partition coefficient (Wildman–Crippen LogP) is 3.75. The fourth-order valence-corrected chi connectivity index (χ4v) is 2.24. The van der Waals surface area contributed by atoms with E-state index in [-0.39, 0.29) is 5.56 Å². The fraction of sp³-hybridized carbons (Fsp3) is 0.0833. The molecule has 2 aromatic rings. The second-order valence-corrected chi connectivity index (χ2v) is 4.25. The van der Waals surface area contributed by atoms with Crippen LogP contribution in [0.2, 0.25) is 0 Å². The van der Waals surface area contributed by atoms with Gasteiger partial charge >= 0.3 is 0 Å². The smallest absolute Gasteiger partial charge is 0.142 e. The Morgan fingerprint density at radius 1 is 1.31 bits per heavy atom. The number of halogens is 1. The van der Waals surface area contributed by atoms with Crippen molar-refractivity contribution in [2.24, 2.45) is 0 Å². The second kappa shape index (κ2) is 4.42. The standard InChI is InChI=1S/C12H8FNOS/c1-8-11(5-6-15-8)16-12-4-2-3-10(13)9(12)7-14/h2-6H,1H3. The third kappa shape index (κ3) is 1.95. The average molecular weight is 233 g/mol. The molecule has 80 valence electrons. The topological polar surface area (TPSA) is 36.9 Å². The molecule has 0 saturated heterocycles. The molecule has 0 saturated carbocycles. The number of hydrogen-bond donors (Lipinski definition) is 0. The zero-order chi connectivity index (χ0) is 11.5. The number of hydrogen-bond acceptors (Lipinski definition) is 3. The summed E-state index contributed by atoms with van der Waals surface area (Å²) in [4.78, 5) is 1.49. The molecule has 0 unspecified atom stereocenters. The van der Waals surface area contributed by atoms with Crippen molar-refractivity contribution in [3.63, 3.8) is 0 Å². The van der Waals surface area contributed by atoms with Crippen molar-refractivity contribution in [1.29, 1.82) is 5.26 Å². The lowest BCUT2D eigenvalue weighted by atomic mass is 10.2. The number of rotatable bonds is 2. The summed E-state index contributed by atoms with van der Waals surface area (Å²) in [6.45, 7) is 1.83. The Labute approximate surface area is 96.7 Å². The van der Waals surface area contributed by atoms with E-state index in [0.717, 1.165) is 10.7 Å². The Balaban J connectivity index is 2.40. The van der Waals surface area contributed by atoms with Crippen LogP contribution in [0.5, 0.6) is 0 Å². The van der Waals surface area contributed by atoms with Crippen molar-refractivity contribution in [2.45, 2.75) is 16.7 Å². The van der Waals surface area contributed by atoms with Crippen LogP contribution in [0.25, 0.3) is 0 Å². The highest BCUT2D eigenvalue weighted by Crippen LogP contribution is 2.33. The molecule has 16 heavy (non-hydrogen) atoms. The third-order valence-corrected chi connectivity index (χ3v) is 3.32. The molecule has 0 fully saturated rings. The van der Waals surface area contributed by atoms with Gasteiger partial charge in [0.1, 0.15) is 23.2 Å². The van der Waals surface area contributed by atoms with E-state index >= 15 is 0 Å². The molecule has 0 aliphatic rings. The van der Waals surface area contributed by atoms with Gasteiger partial charge in [-0.05, 0) is 25.1 Å². The molecule has 1 heterocycles. The summed E-state index contributed by atoms with van der Waals surface area (Å²) >= 11 is 1.33. The first kappa shape index (κ1) is 10.8. The van der Waals surface area contributed by atoms with Crippen molar-refractivity contribution < 1.29 is 8.81 Å². The number of nitriles is 1. The Morgan fingerprint density at radius 3 is 2.75 bits per heavy atom. The van der Waals surface area contributed by atoms with Crippen LogP contribution in [-0.4, -0.2) is 0 Å². The molecular formula is C12H8FNOS. The number of furan rings is 1. The minimum absolute atomic E-state index is 0.0769. The zero-order valence-corrected chi connectivity index (χ0v) is 9.34. The van der Waals surface area contributed by atoms with Gasteiger partial charge in [0.15, 0.2) is 0 Å². The highest BCUT2D eigenvalue weighted by Gasteiger charge is 2.11. The first-order chi connectivity index (χ1) is 7.72. The summed E-state index contributed by atoms with van der Waals surface area (Å²) in [5.41, 5.74) is 0.0769. The van der Waals surface area contributed by atoms with E-state index < -0.39 is 5.82 Å². The van der Waals surface area contributed by atoms with E-state index in [4.69, 9.17) is 9.68 Å². The third-order valence-electron chi connectivity index (χ3n) is 2.12. The van der Waals surface area contributed by atoms with Crippen molar-refractivity contribution in [2.75, 3.05) is 0 Å². The van der Waals surface area contributed by atoms with Crippen molar-refractivity contribution in [3.05, 3.63) is 47.7 Å². The first-order valence-electron chi connectivity index (χ1n) is 4.63.